The van der Waals surface area contributed by atoms with E-state index in [9.17, 15) is 0 Å². The van der Waals surface area contributed by atoms with E-state index in [-0.39, 0.29) is 11.8 Å². The Morgan fingerprint density at radius 2 is 0.365 bits per heavy atom. The number of hydrogen-bond donors (Lipinski definition) is 8. The predicted molar refractivity (Wildman–Crippen MR) is 402 cm³/mol. The van der Waals surface area contributed by atoms with Gasteiger partial charge in [-0.15, -0.1) is 23.7 Å². The molecule has 6 aliphatic carbocycles. The van der Waals surface area contributed by atoms with E-state index in [4.69, 9.17) is 23.4 Å². The van der Waals surface area contributed by atoms with Crippen LogP contribution in [0.15, 0.2) is 315 Å². The minimum absolute atomic E-state index is 0.275. The van der Waals surface area contributed by atoms with Gasteiger partial charge >= 0.3 is 0 Å². The third-order valence-electron chi connectivity index (χ3n) is 20.9. The van der Waals surface area contributed by atoms with Crippen LogP contribution in [0.1, 0.15) is 90.4 Å². The first-order chi connectivity index (χ1) is 47.4. The van der Waals surface area contributed by atoms with Crippen molar-refractivity contribution in [1.82, 2.24) is 21.3 Å². The Bertz CT molecular complexity index is 4320. The van der Waals surface area contributed by atoms with Crippen molar-refractivity contribution in [1.29, 1.82) is 0 Å². The zero-order valence-corrected chi connectivity index (χ0v) is 53.0. The van der Waals surface area contributed by atoms with E-state index in [0.29, 0.717) is 0 Å². The molecule has 0 aliphatic heterocycles. The molecule has 12 heteroatoms. The van der Waals surface area contributed by atoms with Crippen LogP contribution in [-0.4, -0.2) is 25.1 Å². The molecule has 12 aromatic rings. The fraction of sp³-hybridized carbons (Fsp3) is 0.0476. The largest absolute Gasteiger partial charge is 0.408 e. The van der Waals surface area contributed by atoms with Crippen LogP contribution in [0.2, 0.25) is 0 Å². The Morgan fingerprint density at radius 3 is 0.521 bits per heavy atom. The first kappa shape index (κ1) is 61.0. The van der Waals surface area contributed by atoms with E-state index in [1.807, 2.05) is 146 Å². The fourth-order valence-electron chi connectivity index (χ4n) is 16.3. The van der Waals surface area contributed by atoms with Gasteiger partial charge in [-0.05, 0) is 68.8 Å². The highest BCUT2D eigenvalue weighted by atomic mass is 15.2. The van der Waals surface area contributed by atoms with Crippen molar-refractivity contribution in [3.8, 4) is 47.0 Å². The predicted octanol–water partition coefficient (Wildman–Crippen LogP) is 7.01. The molecule has 0 heterocycles. The lowest BCUT2D eigenvalue weighted by atomic mass is 9.28. The standard InChI is InChI=1S/C84H68B4N8/c89-93-85(65-33-9-1-10-34-65,66-35-11-2-12-36-66)57-53-61-29-25-49-73-77(61)83-78-62(54-58-86(94-90,67-37-13-3-14-38-67)68-39-15-4-16-40-68)30-26-50-74(78)81(73)82-75-51-27-31-63(55-59-87(95-91,69-41-17-5-18-42-69)70-43-19-6-20-44-70)79(75)84(83)80-64(32-28-52-76(80)82)56-60-88(96-92,71-45-21-7-22-46-71)72-47-23-8-24-48-72/h1-52,81-84,93-96H,89-92H2/q-4. The van der Waals surface area contributed by atoms with Crippen molar-refractivity contribution in [2.24, 2.45) is 23.4 Å². The van der Waals surface area contributed by atoms with Crippen molar-refractivity contribution in [2.75, 3.05) is 0 Å². The number of benzene rings is 12. The number of hydrazine groups is 4. The summed E-state index contributed by atoms with van der Waals surface area (Å²) >= 11 is 0. The van der Waals surface area contributed by atoms with Gasteiger partial charge in [-0.25, -0.2) is 0 Å². The van der Waals surface area contributed by atoms with E-state index in [2.05, 4.69) is 238 Å². The summed E-state index contributed by atoms with van der Waals surface area (Å²) in [6.45, 7) is 0. The molecule has 0 atom stereocenters. The minimum atomic E-state index is -2.08. The van der Waals surface area contributed by atoms with Crippen LogP contribution in [0.4, 0.5) is 0 Å². The van der Waals surface area contributed by atoms with E-state index in [1.54, 1.807) is 0 Å². The summed E-state index contributed by atoms with van der Waals surface area (Å²) in [5, 5.41) is 13.3. The molecule has 460 valence electrons. The van der Waals surface area contributed by atoms with Crippen LogP contribution in [0.5, 0.6) is 0 Å². The Hall–Kier alpha value is -11.2. The molecule has 0 amide bonds. The number of nitrogens with two attached hydrogens (primary N) is 4. The molecule has 0 saturated carbocycles. The highest BCUT2D eigenvalue weighted by Gasteiger charge is 2.52. The van der Waals surface area contributed by atoms with Crippen LogP contribution < -0.4 is 88.4 Å². The lowest BCUT2D eigenvalue weighted by Gasteiger charge is -2.51. The maximum atomic E-state index is 6.90. The summed E-state index contributed by atoms with van der Waals surface area (Å²) in [7, 11) is 0. The monoisotopic (exact) mass is 1230 g/mol. The molecular weight excluding hydrogens is 1160 g/mol. The Labute approximate surface area is 563 Å². The molecule has 8 nitrogen and oxygen atoms in total. The van der Waals surface area contributed by atoms with E-state index >= 15 is 0 Å². The number of hydrogen-bond acceptors (Lipinski definition) is 8. The maximum Gasteiger partial charge on any atom is 0.198 e. The number of rotatable bonds is 12. The first-order valence-corrected chi connectivity index (χ1v) is 33.0. The van der Waals surface area contributed by atoms with Crippen molar-refractivity contribution in [2.45, 2.75) is 23.7 Å². The SMILES string of the molecule is NN[B-](C#Cc1cccc2c1C1c3c(C#C[B-](NN)(c4ccccc4)c4ccccc4)cccc3C2C2c3cccc(C#C[B-](NN)(c4ccccc4)c4ccccc4)c3C1c1c(C#C[B-](NN)(c3ccccc3)c3ccccc3)cccc12)(c1ccccc1)c1ccccc1. The second-order valence-corrected chi connectivity index (χ2v) is 25.6. The second kappa shape index (κ2) is 26.0. The average Bonchev–Trinajstić information content (AvgIpc) is 0.677. The Balaban J connectivity index is 1.07. The van der Waals surface area contributed by atoms with Gasteiger partial charge in [0.25, 0.3) is 0 Å². The van der Waals surface area contributed by atoms with E-state index in [1.165, 1.54) is 22.3 Å². The molecule has 4 bridgehead atoms. The van der Waals surface area contributed by atoms with Gasteiger partial charge < -0.3 is 44.7 Å². The summed E-state index contributed by atoms with van der Waals surface area (Å²) < 4.78 is 0. The molecule has 6 aliphatic rings. The zero-order valence-electron chi connectivity index (χ0n) is 53.0. The molecule has 12 N–H and O–H groups in total. The Morgan fingerprint density at radius 1 is 0.198 bits per heavy atom. The van der Waals surface area contributed by atoms with E-state index < -0.39 is 37.0 Å². The fourth-order valence-corrected chi connectivity index (χ4v) is 16.3. The summed E-state index contributed by atoms with van der Waals surface area (Å²) in [4.78, 5) is 0. The molecule has 18 rings (SSSR count). The van der Waals surface area contributed by atoms with Gasteiger partial charge in [-0.3, -0.25) is 23.3 Å². The summed E-state index contributed by atoms with van der Waals surface area (Å²) in [5.74, 6) is 57.6. The van der Waals surface area contributed by atoms with Crippen LogP contribution >= 0.6 is 0 Å². The quantitative estimate of drug-likeness (QED) is 0.0282. The van der Waals surface area contributed by atoms with Crippen molar-refractivity contribution < 1.29 is 0 Å². The summed E-state index contributed by atoms with van der Waals surface area (Å²) in [5.41, 5.74) is 20.5. The molecule has 96 heavy (non-hydrogen) atoms. The lowest BCUT2D eigenvalue weighted by molar-refractivity contribution is 0.526. The molecule has 0 saturated heterocycles. The molecule has 0 spiro atoms. The highest BCUT2D eigenvalue weighted by molar-refractivity contribution is 7.08. The molecule has 0 fully saturated rings. The maximum absolute atomic E-state index is 6.90. The van der Waals surface area contributed by atoms with E-state index in [0.717, 1.165) is 88.2 Å². The molecule has 0 unspecified atom stereocenters. The normalized spacial score (nSPS) is 15.5. The van der Waals surface area contributed by atoms with Crippen molar-refractivity contribution >= 4 is 68.8 Å². The average molecular weight is 1230 g/mol. The van der Waals surface area contributed by atoms with Gasteiger partial charge in [0.2, 0.25) is 0 Å². The summed E-state index contributed by atoms with van der Waals surface area (Å²) in [6, 6.07) is 110. The molecule has 12 aromatic carbocycles. The van der Waals surface area contributed by atoms with Gasteiger partial charge in [-0.2, -0.15) is 43.7 Å². The van der Waals surface area contributed by atoms with Crippen LogP contribution in [0, 0.1) is 47.0 Å². The van der Waals surface area contributed by atoms with Crippen LogP contribution in [0.25, 0.3) is 0 Å². The van der Waals surface area contributed by atoms with Crippen LogP contribution in [0.3, 0.4) is 0 Å². The van der Waals surface area contributed by atoms with Gasteiger partial charge in [-0.1, -0.05) is 291 Å². The highest BCUT2D eigenvalue weighted by Crippen LogP contribution is 2.65. The second-order valence-electron chi connectivity index (χ2n) is 25.6. The van der Waals surface area contributed by atoms with Crippen LogP contribution in [-0.2, 0) is 0 Å². The minimum Gasteiger partial charge on any atom is -0.408 e. The van der Waals surface area contributed by atoms with Gasteiger partial charge in [0.15, 0.2) is 25.1 Å². The van der Waals surface area contributed by atoms with Gasteiger partial charge in [0, 0.05) is 45.9 Å². The van der Waals surface area contributed by atoms with Crippen molar-refractivity contribution in [3.05, 3.63) is 382 Å². The smallest absolute Gasteiger partial charge is 0.198 e. The zero-order chi connectivity index (χ0) is 65.1. The molecule has 0 aromatic heterocycles. The number of nitrogens with one attached hydrogen (secondary N) is 4. The molecule has 0 radical (unpaired) electrons. The summed E-state index contributed by atoms with van der Waals surface area (Å²) in [6.07, 6.45) is -8.30. The van der Waals surface area contributed by atoms with Gasteiger partial charge in [0.1, 0.15) is 0 Å². The first-order valence-electron chi connectivity index (χ1n) is 33.0. The third kappa shape index (κ3) is 10.2. The van der Waals surface area contributed by atoms with Gasteiger partial charge in [0.05, 0.1) is 0 Å². The lowest BCUT2D eigenvalue weighted by Crippen LogP contribution is -2.70. The Kier molecular flexibility index (Phi) is 16.5. The topological polar surface area (TPSA) is 152 Å². The third-order valence-corrected chi connectivity index (χ3v) is 20.9. The van der Waals surface area contributed by atoms with Crippen molar-refractivity contribution in [3.63, 3.8) is 0 Å². The molecular formula is C84H68B4N8-4.